The number of carbonyl (C=O) groups is 1. The standard InChI is InChI=1S/C9H9ClF3N3O/c1-4-6(10)7(9(11,12)13)15-16(4)5-2-3-14-8(5)17/h5H,2-3H2,1H3,(H,14,17). The third-order valence-electron chi connectivity index (χ3n) is 2.66. The average molecular weight is 268 g/mol. The predicted molar refractivity (Wildman–Crippen MR) is 53.6 cm³/mol. The predicted octanol–water partition coefficient (Wildman–Crippen LogP) is 1.92. The number of nitrogens with one attached hydrogen (secondary N) is 1. The maximum absolute atomic E-state index is 12.6. The molecular weight excluding hydrogens is 259 g/mol. The lowest BCUT2D eigenvalue weighted by Crippen LogP contribution is -2.23. The molecule has 1 aromatic rings. The Bertz CT molecular complexity index is 469. The van der Waals surface area contributed by atoms with Crippen LogP contribution in [0.15, 0.2) is 0 Å². The summed E-state index contributed by atoms with van der Waals surface area (Å²) in [6, 6.07) is -0.705. The Morgan fingerprint density at radius 2 is 2.18 bits per heavy atom. The molecule has 0 aromatic carbocycles. The summed E-state index contributed by atoms with van der Waals surface area (Å²) >= 11 is 5.59. The third-order valence-corrected chi connectivity index (χ3v) is 3.11. The van der Waals surface area contributed by atoms with Crippen molar-refractivity contribution in [1.29, 1.82) is 0 Å². The fourth-order valence-corrected chi connectivity index (χ4v) is 2.03. The fraction of sp³-hybridized carbons (Fsp3) is 0.556. The maximum Gasteiger partial charge on any atom is 0.436 e. The Kier molecular flexibility index (Phi) is 2.81. The van der Waals surface area contributed by atoms with Gasteiger partial charge in [-0.2, -0.15) is 18.3 Å². The maximum atomic E-state index is 12.6. The molecule has 1 unspecified atom stereocenters. The largest absolute Gasteiger partial charge is 0.436 e. The normalized spacial score (nSPS) is 20.8. The molecule has 2 heterocycles. The molecule has 1 N–H and O–H groups in total. The van der Waals surface area contributed by atoms with Crippen LogP contribution < -0.4 is 5.32 Å². The Hall–Kier alpha value is -1.24. The number of nitrogens with zero attached hydrogens (tertiary/aromatic N) is 2. The van der Waals surface area contributed by atoms with Gasteiger partial charge in [-0.1, -0.05) is 11.6 Å². The van der Waals surface area contributed by atoms with Gasteiger partial charge in [-0.15, -0.1) is 0 Å². The van der Waals surface area contributed by atoms with Crippen LogP contribution >= 0.6 is 11.6 Å². The molecule has 8 heteroatoms. The summed E-state index contributed by atoms with van der Waals surface area (Å²) in [6.07, 6.45) is -4.20. The van der Waals surface area contributed by atoms with Crippen molar-refractivity contribution in [1.82, 2.24) is 15.1 Å². The molecule has 1 aromatic heterocycles. The molecule has 0 spiro atoms. The lowest BCUT2D eigenvalue weighted by molar-refractivity contribution is -0.141. The number of aromatic nitrogens is 2. The van der Waals surface area contributed by atoms with Gasteiger partial charge in [0, 0.05) is 6.54 Å². The van der Waals surface area contributed by atoms with Gasteiger partial charge in [0.25, 0.3) is 0 Å². The molecule has 1 amide bonds. The summed E-state index contributed by atoms with van der Waals surface area (Å²) < 4.78 is 38.7. The van der Waals surface area contributed by atoms with Crippen LogP contribution in [0.4, 0.5) is 13.2 Å². The second kappa shape index (κ2) is 3.90. The number of halogens is 4. The topological polar surface area (TPSA) is 46.9 Å². The second-order valence-electron chi connectivity index (χ2n) is 3.79. The van der Waals surface area contributed by atoms with Crippen LogP contribution in [0.3, 0.4) is 0 Å². The van der Waals surface area contributed by atoms with E-state index in [-0.39, 0.29) is 11.6 Å². The molecule has 0 aliphatic carbocycles. The van der Waals surface area contributed by atoms with Gasteiger partial charge < -0.3 is 5.32 Å². The molecule has 1 fully saturated rings. The first-order valence-electron chi connectivity index (χ1n) is 4.92. The van der Waals surface area contributed by atoms with E-state index in [1.807, 2.05) is 0 Å². The average Bonchev–Trinajstić information content (AvgIpc) is 2.73. The van der Waals surface area contributed by atoms with Gasteiger partial charge >= 0.3 is 6.18 Å². The number of alkyl halides is 3. The molecular formula is C9H9ClF3N3O. The molecule has 0 radical (unpaired) electrons. The zero-order chi connectivity index (χ0) is 12.8. The molecule has 94 valence electrons. The van der Waals surface area contributed by atoms with Crippen LogP contribution in [0.5, 0.6) is 0 Å². The summed E-state index contributed by atoms with van der Waals surface area (Å²) in [5.74, 6) is -0.332. The number of hydrogen-bond acceptors (Lipinski definition) is 2. The van der Waals surface area contributed by atoms with Gasteiger partial charge in [0.1, 0.15) is 6.04 Å². The first-order chi connectivity index (χ1) is 7.82. The van der Waals surface area contributed by atoms with Crippen molar-refractivity contribution in [3.8, 4) is 0 Å². The highest BCUT2D eigenvalue weighted by molar-refractivity contribution is 6.32. The molecule has 1 aliphatic heterocycles. The quantitative estimate of drug-likeness (QED) is 0.845. The van der Waals surface area contributed by atoms with E-state index in [1.165, 1.54) is 6.92 Å². The van der Waals surface area contributed by atoms with Crippen LogP contribution in [-0.2, 0) is 11.0 Å². The molecule has 1 saturated heterocycles. The first-order valence-corrected chi connectivity index (χ1v) is 5.29. The molecule has 0 bridgehead atoms. The Morgan fingerprint density at radius 3 is 2.59 bits per heavy atom. The van der Waals surface area contributed by atoms with Gasteiger partial charge in [-0.25, -0.2) is 0 Å². The molecule has 1 aliphatic rings. The van der Waals surface area contributed by atoms with E-state index in [9.17, 15) is 18.0 Å². The molecule has 4 nitrogen and oxygen atoms in total. The van der Waals surface area contributed by atoms with E-state index in [0.29, 0.717) is 13.0 Å². The van der Waals surface area contributed by atoms with E-state index < -0.39 is 22.9 Å². The van der Waals surface area contributed by atoms with Crippen molar-refractivity contribution in [2.24, 2.45) is 0 Å². The summed E-state index contributed by atoms with van der Waals surface area (Å²) in [6.45, 7) is 1.85. The minimum Gasteiger partial charge on any atom is -0.354 e. The monoisotopic (exact) mass is 267 g/mol. The Labute approximate surface area is 99.7 Å². The van der Waals surface area contributed by atoms with Crippen molar-refractivity contribution < 1.29 is 18.0 Å². The highest BCUT2D eigenvalue weighted by atomic mass is 35.5. The summed E-state index contributed by atoms with van der Waals surface area (Å²) in [5.41, 5.74) is -0.989. The van der Waals surface area contributed by atoms with Gasteiger partial charge in [-0.3, -0.25) is 9.48 Å². The zero-order valence-corrected chi connectivity index (χ0v) is 9.56. The summed E-state index contributed by atoms with van der Waals surface area (Å²) in [7, 11) is 0. The van der Waals surface area contributed by atoms with Crippen molar-refractivity contribution in [3.63, 3.8) is 0 Å². The van der Waals surface area contributed by atoms with Crippen LogP contribution in [0.1, 0.15) is 23.9 Å². The van der Waals surface area contributed by atoms with Crippen molar-refractivity contribution in [2.75, 3.05) is 6.54 Å². The zero-order valence-electron chi connectivity index (χ0n) is 8.81. The van der Waals surface area contributed by atoms with Crippen molar-refractivity contribution in [2.45, 2.75) is 25.6 Å². The highest BCUT2D eigenvalue weighted by Crippen LogP contribution is 2.36. The van der Waals surface area contributed by atoms with Crippen LogP contribution in [0.2, 0.25) is 5.02 Å². The number of hydrogen-bond donors (Lipinski definition) is 1. The van der Waals surface area contributed by atoms with Gasteiger partial charge in [-0.05, 0) is 13.3 Å². The number of carbonyl (C=O) groups excluding carboxylic acids is 1. The van der Waals surface area contributed by atoms with Crippen LogP contribution in [-0.4, -0.2) is 22.2 Å². The fourth-order valence-electron chi connectivity index (χ4n) is 1.80. The number of rotatable bonds is 1. The lowest BCUT2D eigenvalue weighted by atomic mass is 10.2. The van der Waals surface area contributed by atoms with E-state index >= 15 is 0 Å². The number of amides is 1. The van der Waals surface area contributed by atoms with Crippen LogP contribution in [0, 0.1) is 6.92 Å². The molecule has 2 rings (SSSR count). The van der Waals surface area contributed by atoms with Gasteiger partial charge in [0.2, 0.25) is 5.91 Å². The SMILES string of the molecule is Cc1c(Cl)c(C(F)(F)F)nn1C1CCNC1=O. The Balaban J connectivity index is 2.46. The summed E-state index contributed by atoms with van der Waals surface area (Å²) in [5, 5.41) is 5.50. The third kappa shape index (κ3) is 1.99. The van der Waals surface area contributed by atoms with E-state index in [1.54, 1.807) is 0 Å². The minimum atomic E-state index is -4.61. The molecule has 0 saturated carbocycles. The van der Waals surface area contributed by atoms with Crippen molar-refractivity contribution >= 4 is 17.5 Å². The minimum absolute atomic E-state index is 0.154. The van der Waals surface area contributed by atoms with E-state index in [2.05, 4.69) is 10.4 Å². The molecule has 1 atom stereocenters. The highest BCUT2D eigenvalue weighted by Gasteiger charge is 2.40. The van der Waals surface area contributed by atoms with Crippen LogP contribution in [0.25, 0.3) is 0 Å². The Morgan fingerprint density at radius 1 is 1.53 bits per heavy atom. The van der Waals surface area contributed by atoms with Gasteiger partial charge in [0.15, 0.2) is 5.69 Å². The van der Waals surface area contributed by atoms with E-state index in [0.717, 1.165) is 4.68 Å². The molecule has 17 heavy (non-hydrogen) atoms. The second-order valence-corrected chi connectivity index (χ2v) is 4.16. The van der Waals surface area contributed by atoms with E-state index in [4.69, 9.17) is 11.6 Å². The first kappa shape index (κ1) is 12.2. The summed E-state index contributed by atoms with van der Waals surface area (Å²) in [4.78, 5) is 11.4. The smallest absolute Gasteiger partial charge is 0.354 e. The van der Waals surface area contributed by atoms with Crippen molar-refractivity contribution in [3.05, 3.63) is 16.4 Å². The van der Waals surface area contributed by atoms with Gasteiger partial charge in [0.05, 0.1) is 10.7 Å². The lowest BCUT2D eigenvalue weighted by Gasteiger charge is -2.09.